The zero-order valence-corrected chi connectivity index (χ0v) is 22.5. The van der Waals surface area contributed by atoms with E-state index in [1.807, 2.05) is 0 Å². The van der Waals surface area contributed by atoms with Crippen molar-refractivity contribution in [3.8, 4) is 5.75 Å². The zero-order valence-electron chi connectivity index (χ0n) is 22.5. The maximum absolute atomic E-state index is 14.2. The Hall–Kier alpha value is -3.59. The molecule has 0 aliphatic heterocycles. The number of allylic oxidation sites excluding steroid dienone is 1. The molecule has 1 unspecified atom stereocenters. The van der Waals surface area contributed by atoms with Gasteiger partial charge in [-0.2, -0.15) is 0 Å². The summed E-state index contributed by atoms with van der Waals surface area (Å²) in [7, 11) is 0. The lowest BCUT2D eigenvalue weighted by atomic mass is 9.43. The van der Waals surface area contributed by atoms with Gasteiger partial charge in [-0.25, -0.2) is 0 Å². The number of carbonyl (C=O) groups excluding carboxylic acids is 5. The largest absolute Gasteiger partial charge is 0.508 e. The molecule has 3 aliphatic carbocycles. The van der Waals surface area contributed by atoms with E-state index in [4.69, 9.17) is 0 Å². The Kier molecular flexibility index (Phi) is 5.92. The van der Waals surface area contributed by atoms with Crippen LogP contribution in [0.3, 0.4) is 0 Å². The van der Waals surface area contributed by atoms with Gasteiger partial charge < -0.3 is 20.4 Å². The van der Waals surface area contributed by atoms with Crippen LogP contribution in [0, 0.1) is 22.7 Å². The van der Waals surface area contributed by atoms with Crippen molar-refractivity contribution in [3.05, 3.63) is 45.2 Å². The molecule has 4 rings (SSSR count). The summed E-state index contributed by atoms with van der Waals surface area (Å²) in [4.78, 5) is 65.0. The molecule has 1 aromatic rings. The van der Waals surface area contributed by atoms with Crippen molar-refractivity contribution in [1.82, 2.24) is 0 Å². The number of aliphatic hydroxyl groups excluding tert-OH is 2. The number of fused-ring (bicyclic) bond motifs is 3. The van der Waals surface area contributed by atoms with Gasteiger partial charge in [-0.3, -0.25) is 24.0 Å². The number of phenols is 1. The number of rotatable bonds is 4. The Balaban J connectivity index is 2.14. The van der Waals surface area contributed by atoms with E-state index in [0.29, 0.717) is 0 Å². The number of aromatic hydroxyl groups is 1. The highest BCUT2D eigenvalue weighted by molar-refractivity contribution is 6.24. The van der Waals surface area contributed by atoms with Crippen LogP contribution in [0.15, 0.2) is 23.0 Å². The number of benzene rings is 1. The van der Waals surface area contributed by atoms with Gasteiger partial charge >= 0.3 is 0 Å². The van der Waals surface area contributed by atoms with Gasteiger partial charge in [0.1, 0.15) is 22.8 Å². The molecule has 0 heterocycles. The van der Waals surface area contributed by atoms with Crippen LogP contribution in [-0.2, 0) is 20.8 Å². The molecule has 202 valence electrons. The Morgan fingerprint density at radius 2 is 1.50 bits per heavy atom. The summed E-state index contributed by atoms with van der Waals surface area (Å²) < 4.78 is 0. The van der Waals surface area contributed by atoms with E-state index in [0.717, 1.165) is 6.92 Å². The molecular weight excluding hydrogens is 492 g/mol. The van der Waals surface area contributed by atoms with E-state index < -0.39 is 80.0 Å². The molecule has 3 aliphatic rings. The van der Waals surface area contributed by atoms with Gasteiger partial charge in [0, 0.05) is 27.9 Å². The predicted molar refractivity (Wildman–Crippen MR) is 136 cm³/mol. The maximum Gasteiger partial charge on any atom is 0.203 e. The Morgan fingerprint density at radius 3 is 1.97 bits per heavy atom. The lowest BCUT2D eigenvalue weighted by molar-refractivity contribution is -0.178. The molecule has 0 saturated heterocycles. The fraction of sp³-hybridized carbons (Fsp3) is 0.483. The van der Waals surface area contributed by atoms with Gasteiger partial charge in [-0.05, 0) is 51.2 Å². The van der Waals surface area contributed by atoms with Gasteiger partial charge in [-0.1, -0.05) is 27.7 Å². The smallest absolute Gasteiger partial charge is 0.203 e. The van der Waals surface area contributed by atoms with Crippen LogP contribution in [0.1, 0.15) is 86.7 Å². The highest BCUT2D eigenvalue weighted by Crippen LogP contribution is 2.65. The van der Waals surface area contributed by atoms with Gasteiger partial charge in [0.2, 0.25) is 5.78 Å². The average molecular weight is 525 g/mol. The highest BCUT2D eigenvalue weighted by atomic mass is 16.3. The third kappa shape index (κ3) is 3.17. The minimum atomic E-state index is -2.73. The molecule has 1 fully saturated rings. The normalized spacial score (nSPS) is 30.7. The minimum Gasteiger partial charge on any atom is -0.508 e. The number of ketones is 5. The summed E-state index contributed by atoms with van der Waals surface area (Å²) >= 11 is 0. The predicted octanol–water partition coefficient (Wildman–Crippen LogP) is 3.60. The first-order valence-corrected chi connectivity index (χ1v) is 12.5. The van der Waals surface area contributed by atoms with Crippen LogP contribution >= 0.6 is 0 Å². The Labute approximate surface area is 219 Å². The molecule has 4 atom stereocenters. The van der Waals surface area contributed by atoms with E-state index in [9.17, 15) is 44.4 Å². The van der Waals surface area contributed by atoms with E-state index >= 15 is 0 Å². The number of hydrogen-bond acceptors (Lipinski definition) is 9. The average Bonchev–Trinajstić information content (AvgIpc) is 2.75. The Morgan fingerprint density at radius 1 is 0.947 bits per heavy atom. The van der Waals surface area contributed by atoms with Crippen molar-refractivity contribution in [1.29, 1.82) is 0 Å². The van der Waals surface area contributed by atoms with E-state index in [-0.39, 0.29) is 40.7 Å². The first-order chi connectivity index (χ1) is 17.4. The van der Waals surface area contributed by atoms with Crippen LogP contribution in [-0.4, -0.2) is 54.9 Å². The fourth-order valence-electron chi connectivity index (χ4n) is 7.37. The summed E-state index contributed by atoms with van der Waals surface area (Å²) in [6.07, 6.45) is -0.125. The molecule has 0 amide bonds. The molecular formula is C29H32O9. The quantitative estimate of drug-likeness (QED) is 0.340. The monoisotopic (exact) mass is 524 g/mol. The van der Waals surface area contributed by atoms with Crippen LogP contribution in [0.4, 0.5) is 0 Å². The van der Waals surface area contributed by atoms with Crippen molar-refractivity contribution < 1.29 is 44.4 Å². The lowest BCUT2D eigenvalue weighted by Gasteiger charge is -2.59. The van der Waals surface area contributed by atoms with Crippen molar-refractivity contribution >= 4 is 34.7 Å². The number of phenolic OH excluding ortho intramolecular Hbond substituents is 1. The van der Waals surface area contributed by atoms with Crippen LogP contribution in [0.25, 0.3) is 5.76 Å². The third-order valence-electron chi connectivity index (χ3n) is 8.76. The van der Waals surface area contributed by atoms with E-state index in [2.05, 4.69) is 0 Å². The molecule has 38 heavy (non-hydrogen) atoms. The topological polar surface area (TPSA) is 166 Å². The first-order valence-electron chi connectivity index (χ1n) is 12.5. The van der Waals surface area contributed by atoms with Crippen LogP contribution in [0.2, 0.25) is 0 Å². The molecule has 0 aromatic heterocycles. The summed E-state index contributed by atoms with van der Waals surface area (Å²) in [5.74, 6) is -7.45. The molecule has 9 nitrogen and oxygen atoms in total. The summed E-state index contributed by atoms with van der Waals surface area (Å²) in [5, 5.41) is 45.7. The van der Waals surface area contributed by atoms with Crippen LogP contribution < -0.4 is 0 Å². The molecule has 9 heteroatoms. The fourth-order valence-corrected chi connectivity index (χ4v) is 7.37. The maximum atomic E-state index is 14.2. The molecule has 0 radical (unpaired) electrons. The number of aliphatic hydroxyl groups is 3. The van der Waals surface area contributed by atoms with E-state index in [1.54, 1.807) is 20.8 Å². The van der Waals surface area contributed by atoms with Gasteiger partial charge in [0.15, 0.2) is 28.7 Å². The molecule has 1 aromatic carbocycles. The van der Waals surface area contributed by atoms with Gasteiger partial charge in [0.25, 0.3) is 0 Å². The lowest BCUT2D eigenvalue weighted by Crippen LogP contribution is -2.69. The molecule has 1 saturated carbocycles. The summed E-state index contributed by atoms with van der Waals surface area (Å²) in [5.41, 5.74) is -6.70. The van der Waals surface area contributed by atoms with Crippen LogP contribution in [0.5, 0.6) is 5.75 Å². The SMILES string of the molecule is CC(=O)C1=C(O)[C@]2(O)C(=O)C3=C(O)c4c(O)c(C(C)=O)cc(C(C)=O)c4C[C@]3(C)C[C@]2(C)C(C(C)C)C1=O. The summed E-state index contributed by atoms with van der Waals surface area (Å²) in [6.45, 7) is 10.1. The van der Waals surface area contributed by atoms with Crippen molar-refractivity contribution in [2.75, 3.05) is 0 Å². The third-order valence-corrected chi connectivity index (χ3v) is 8.76. The molecule has 4 N–H and O–H groups in total. The molecule has 0 spiro atoms. The van der Waals surface area contributed by atoms with Crippen molar-refractivity contribution in [2.45, 2.75) is 66.9 Å². The second-order valence-electron chi connectivity index (χ2n) is 11.7. The number of Topliss-reactive ketones (excluding diaryl/α,β-unsaturated/α-hetero) is 5. The highest BCUT2D eigenvalue weighted by Gasteiger charge is 2.72. The van der Waals surface area contributed by atoms with Gasteiger partial charge in [-0.15, -0.1) is 0 Å². The number of carbonyl (C=O) groups is 5. The summed E-state index contributed by atoms with van der Waals surface area (Å²) in [6, 6.07) is 1.26. The van der Waals surface area contributed by atoms with Crippen molar-refractivity contribution in [3.63, 3.8) is 0 Å². The van der Waals surface area contributed by atoms with E-state index in [1.165, 1.54) is 26.8 Å². The first kappa shape index (κ1) is 27.4. The zero-order chi connectivity index (χ0) is 28.9. The van der Waals surface area contributed by atoms with Gasteiger partial charge in [0.05, 0.1) is 11.1 Å². The molecule has 0 bridgehead atoms. The number of hydrogen-bond donors (Lipinski definition) is 4. The second-order valence-corrected chi connectivity index (χ2v) is 11.7. The Bertz CT molecular complexity index is 1440. The second kappa shape index (κ2) is 8.20. The minimum absolute atomic E-state index is 0.0388. The standard InChI is InChI=1S/C29H32O9/c1-11(2)20-23(34)18(14(5)32)25(36)29(38)26(37)21-24(35)19-17(9-27(21,6)10-28(20,29)7)15(12(3)30)8-16(13(4)31)22(19)33/h8,11,20,33,35-36,38H,9-10H2,1-7H3/t20?,27-,28-,29+/m1/s1. The van der Waals surface area contributed by atoms with Crippen molar-refractivity contribution in [2.24, 2.45) is 22.7 Å².